The molecule has 3 rings (SSSR count). The van der Waals surface area contributed by atoms with Gasteiger partial charge in [-0.15, -0.1) is 0 Å². The predicted molar refractivity (Wildman–Crippen MR) is 93.5 cm³/mol. The first-order valence-electron chi connectivity index (χ1n) is 7.79. The molecule has 6 nitrogen and oxygen atoms in total. The van der Waals surface area contributed by atoms with Gasteiger partial charge in [-0.25, -0.2) is 0 Å². The lowest BCUT2D eigenvalue weighted by atomic mass is 9.79. The lowest BCUT2D eigenvalue weighted by molar-refractivity contribution is -0.132. The number of amides is 1. The van der Waals surface area contributed by atoms with E-state index in [9.17, 15) is 4.79 Å². The molecule has 1 aliphatic heterocycles. The van der Waals surface area contributed by atoms with Crippen LogP contribution in [0, 0.1) is 5.41 Å². The van der Waals surface area contributed by atoms with Gasteiger partial charge in [0, 0.05) is 31.3 Å². The molecule has 2 aromatic rings. The van der Waals surface area contributed by atoms with Gasteiger partial charge < -0.3 is 20.5 Å². The van der Waals surface area contributed by atoms with Gasteiger partial charge in [0.05, 0.1) is 28.8 Å². The molecule has 0 aliphatic carbocycles. The molecule has 1 amide bonds. The number of primary amides is 1. The summed E-state index contributed by atoms with van der Waals surface area (Å²) in [6.45, 7) is 1.47. The molecule has 3 N–H and O–H groups in total. The molecule has 0 radical (unpaired) electrons. The average molecular weight is 350 g/mol. The summed E-state index contributed by atoms with van der Waals surface area (Å²) >= 11 is 6.33. The van der Waals surface area contributed by atoms with Crippen LogP contribution in [-0.2, 0) is 9.53 Å². The van der Waals surface area contributed by atoms with E-state index in [1.165, 1.54) is 0 Å². The molecule has 1 aromatic carbocycles. The van der Waals surface area contributed by atoms with Crippen molar-refractivity contribution in [3.05, 3.63) is 29.4 Å². The summed E-state index contributed by atoms with van der Waals surface area (Å²) in [5.74, 6) is 0.399. The van der Waals surface area contributed by atoms with Crippen molar-refractivity contribution in [2.24, 2.45) is 11.1 Å². The Hall–Kier alpha value is -2.05. The number of rotatable bonds is 5. The molecule has 0 unspecified atom stereocenters. The molecule has 1 aromatic heterocycles. The van der Waals surface area contributed by atoms with E-state index >= 15 is 0 Å². The summed E-state index contributed by atoms with van der Waals surface area (Å²) in [6, 6.07) is 5.59. The molecule has 1 aliphatic rings. The van der Waals surface area contributed by atoms with Crippen LogP contribution in [0.5, 0.6) is 5.75 Å². The Bertz CT molecular complexity index is 760. The summed E-state index contributed by atoms with van der Waals surface area (Å²) in [5.41, 5.74) is 6.56. The minimum Gasteiger partial charge on any atom is -0.497 e. The highest BCUT2D eigenvalue weighted by molar-refractivity contribution is 6.34. The maximum absolute atomic E-state index is 12.0. The molecule has 1 saturated heterocycles. The maximum Gasteiger partial charge on any atom is 0.225 e. The average Bonchev–Trinajstić information content (AvgIpc) is 2.61. The molecule has 7 heteroatoms. The van der Waals surface area contributed by atoms with Crippen molar-refractivity contribution in [2.75, 3.05) is 32.2 Å². The second kappa shape index (κ2) is 6.83. The minimum atomic E-state index is -0.629. The number of halogens is 1. The van der Waals surface area contributed by atoms with Crippen LogP contribution in [0.3, 0.4) is 0 Å². The number of fused-ring (bicyclic) bond motifs is 1. The van der Waals surface area contributed by atoms with Crippen LogP contribution in [0.4, 0.5) is 5.69 Å². The van der Waals surface area contributed by atoms with Crippen LogP contribution >= 0.6 is 11.6 Å². The number of aromatic nitrogens is 1. The number of carbonyl (C=O) groups excluding carboxylic acids is 1. The van der Waals surface area contributed by atoms with Gasteiger partial charge >= 0.3 is 0 Å². The van der Waals surface area contributed by atoms with Crippen molar-refractivity contribution in [3.8, 4) is 5.75 Å². The summed E-state index contributed by atoms with van der Waals surface area (Å²) in [7, 11) is 1.61. The fourth-order valence-electron chi connectivity index (χ4n) is 2.98. The summed E-state index contributed by atoms with van der Waals surface area (Å²) in [4.78, 5) is 16.3. The highest BCUT2D eigenvalue weighted by atomic mass is 35.5. The third kappa shape index (κ3) is 3.12. The molecule has 0 atom stereocenters. The van der Waals surface area contributed by atoms with Crippen molar-refractivity contribution < 1.29 is 14.3 Å². The Morgan fingerprint density at radius 3 is 2.88 bits per heavy atom. The number of benzene rings is 1. The first-order chi connectivity index (χ1) is 11.6. The predicted octanol–water partition coefficient (Wildman–Crippen LogP) is 2.59. The van der Waals surface area contributed by atoms with Crippen LogP contribution in [0.25, 0.3) is 10.9 Å². The molecule has 1 fully saturated rings. The van der Waals surface area contributed by atoms with Gasteiger partial charge in [-0.2, -0.15) is 0 Å². The largest absolute Gasteiger partial charge is 0.497 e. The SMILES string of the molecule is COc1ccc2ncc(Cl)c(NCC3(C(N)=O)CCOCC3)c2c1. The number of nitrogens with two attached hydrogens (primary N) is 1. The third-order valence-corrected chi connectivity index (χ3v) is 4.89. The van der Waals surface area contributed by atoms with E-state index in [1.54, 1.807) is 13.3 Å². The van der Waals surface area contributed by atoms with Crippen molar-refractivity contribution >= 4 is 34.1 Å². The van der Waals surface area contributed by atoms with Gasteiger partial charge in [-0.1, -0.05) is 11.6 Å². The fraction of sp³-hybridized carbons (Fsp3) is 0.412. The molecule has 128 valence electrons. The van der Waals surface area contributed by atoms with E-state index < -0.39 is 5.41 Å². The van der Waals surface area contributed by atoms with Crippen LogP contribution < -0.4 is 15.8 Å². The van der Waals surface area contributed by atoms with Gasteiger partial charge in [0.25, 0.3) is 0 Å². The lowest BCUT2D eigenvalue weighted by Crippen LogP contribution is -2.46. The number of methoxy groups -OCH3 is 1. The number of nitrogens with one attached hydrogen (secondary N) is 1. The number of pyridine rings is 1. The summed E-state index contributed by atoms with van der Waals surface area (Å²) in [5, 5.41) is 4.64. The minimum absolute atomic E-state index is 0.314. The molecule has 0 saturated carbocycles. The Morgan fingerprint density at radius 1 is 1.46 bits per heavy atom. The van der Waals surface area contributed by atoms with Crippen molar-refractivity contribution in [1.29, 1.82) is 0 Å². The second-order valence-corrected chi connectivity index (χ2v) is 6.38. The zero-order valence-electron chi connectivity index (χ0n) is 13.5. The standard InChI is InChI=1S/C17H20ClN3O3/c1-23-11-2-3-14-12(8-11)15(13(18)9-20-14)21-10-17(16(19)22)4-6-24-7-5-17/h2-3,8-9H,4-7,10H2,1H3,(H2,19,22)(H,20,21). The second-order valence-electron chi connectivity index (χ2n) is 5.97. The zero-order valence-corrected chi connectivity index (χ0v) is 14.2. The summed E-state index contributed by atoms with van der Waals surface area (Å²) in [6.07, 6.45) is 2.79. The Kier molecular flexibility index (Phi) is 4.78. The monoisotopic (exact) mass is 349 g/mol. The first kappa shape index (κ1) is 16.8. The topological polar surface area (TPSA) is 86.5 Å². The fourth-order valence-corrected chi connectivity index (χ4v) is 3.20. The van der Waals surface area contributed by atoms with E-state index in [-0.39, 0.29) is 5.91 Å². The maximum atomic E-state index is 12.0. The van der Waals surface area contributed by atoms with Gasteiger partial charge in [0.1, 0.15) is 5.75 Å². The summed E-state index contributed by atoms with van der Waals surface area (Å²) < 4.78 is 10.6. The Balaban J connectivity index is 1.94. The Morgan fingerprint density at radius 2 is 2.21 bits per heavy atom. The van der Waals surface area contributed by atoms with E-state index in [0.29, 0.717) is 43.4 Å². The molecular formula is C17H20ClN3O3. The molecule has 0 bridgehead atoms. The number of nitrogens with zero attached hydrogens (tertiary/aromatic N) is 1. The lowest BCUT2D eigenvalue weighted by Gasteiger charge is -2.34. The number of carbonyl (C=O) groups is 1. The normalized spacial score (nSPS) is 16.8. The van der Waals surface area contributed by atoms with Gasteiger partial charge in [-0.3, -0.25) is 9.78 Å². The quantitative estimate of drug-likeness (QED) is 0.866. The van der Waals surface area contributed by atoms with Crippen LogP contribution in [0.1, 0.15) is 12.8 Å². The van der Waals surface area contributed by atoms with E-state index in [1.807, 2.05) is 18.2 Å². The van der Waals surface area contributed by atoms with Gasteiger partial charge in [0.2, 0.25) is 5.91 Å². The number of ether oxygens (including phenoxy) is 2. The first-order valence-corrected chi connectivity index (χ1v) is 8.17. The Labute approximate surface area is 145 Å². The van der Waals surface area contributed by atoms with E-state index in [2.05, 4.69) is 10.3 Å². The van der Waals surface area contributed by atoms with Crippen LogP contribution in [0.15, 0.2) is 24.4 Å². The number of anilines is 1. The molecular weight excluding hydrogens is 330 g/mol. The van der Waals surface area contributed by atoms with Gasteiger partial charge in [-0.05, 0) is 31.0 Å². The van der Waals surface area contributed by atoms with Gasteiger partial charge in [0.15, 0.2) is 0 Å². The van der Waals surface area contributed by atoms with Crippen LogP contribution in [-0.4, -0.2) is 37.8 Å². The van der Waals surface area contributed by atoms with Crippen molar-refractivity contribution in [3.63, 3.8) is 0 Å². The molecule has 2 heterocycles. The molecule has 0 spiro atoms. The highest BCUT2D eigenvalue weighted by Gasteiger charge is 2.38. The van der Waals surface area contributed by atoms with E-state index in [0.717, 1.165) is 16.6 Å². The van der Waals surface area contributed by atoms with Crippen LogP contribution in [0.2, 0.25) is 5.02 Å². The third-order valence-electron chi connectivity index (χ3n) is 4.61. The number of hydrogen-bond donors (Lipinski definition) is 2. The zero-order chi connectivity index (χ0) is 17.2. The van der Waals surface area contributed by atoms with Crippen molar-refractivity contribution in [1.82, 2.24) is 4.98 Å². The van der Waals surface area contributed by atoms with Crippen molar-refractivity contribution in [2.45, 2.75) is 12.8 Å². The highest BCUT2D eigenvalue weighted by Crippen LogP contribution is 2.35. The number of hydrogen-bond acceptors (Lipinski definition) is 5. The molecule has 24 heavy (non-hydrogen) atoms. The van der Waals surface area contributed by atoms with E-state index in [4.69, 9.17) is 26.8 Å². The smallest absolute Gasteiger partial charge is 0.225 e.